The van der Waals surface area contributed by atoms with Crippen LogP contribution in [0.3, 0.4) is 0 Å². The molecular formula is C20H20N4O3S. The van der Waals surface area contributed by atoms with Crippen LogP contribution in [0.25, 0.3) is 11.5 Å². The van der Waals surface area contributed by atoms with Crippen molar-refractivity contribution in [3.05, 3.63) is 71.9 Å². The van der Waals surface area contributed by atoms with E-state index in [9.17, 15) is 0 Å². The van der Waals surface area contributed by atoms with Crippen molar-refractivity contribution in [1.29, 1.82) is 0 Å². The molecule has 0 aliphatic heterocycles. The van der Waals surface area contributed by atoms with Crippen LogP contribution in [0.1, 0.15) is 17.1 Å². The van der Waals surface area contributed by atoms with Crippen molar-refractivity contribution in [1.82, 2.24) is 19.9 Å². The smallest absolute Gasteiger partial charge is 0.202 e. The van der Waals surface area contributed by atoms with Gasteiger partial charge in [0.25, 0.3) is 0 Å². The van der Waals surface area contributed by atoms with E-state index < -0.39 is 0 Å². The third-order valence-electron chi connectivity index (χ3n) is 4.19. The van der Waals surface area contributed by atoms with Crippen molar-refractivity contribution in [2.24, 2.45) is 0 Å². The summed E-state index contributed by atoms with van der Waals surface area (Å²) in [4.78, 5) is 0. The lowest BCUT2D eigenvalue weighted by Gasteiger charge is -2.09. The maximum atomic E-state index is 5.36. The van der Waals surface area contributed by atoms with Gasteiger partial charge >= 0.3 is 0 Å². The van der Waals surface area contributed by atoms with Crippen LogP contribution in [0, 0.1) is 0 Å². The Morgan fingerprint density at radius 1 is 1.07 bits per heavy atom. The molecule has 0 radical (unpaired) electrons. The zero-order valence-corrected chi connectivity index (χ0v) is 16.3. The second kappa shape index (κ2) is 8.90. The molecule has 3 aromatic heterocycles. The Labute approximate surface area is 166 Å². The highest BCUT2D eigenvalue weighted by molar-refractivity contribution is 7.98. The Morgan fingerprint density at radius 3 is 2.75 bits per heavy atom. The second-order valence-electron chi connectivity index (χ2n) is 6.15. The number of ether oxygens (including phenoxy) is 1. The summed E-state index contributed by atoms with van der Waals surface area (Å²) in [5, 5.41) is 13.7. The summed E-state index contributed by atoms with van der Waals surface area (Å²) in [6, 6.07) is 15.8. The largest absolute Gasteiger partial charge is 0.461 e. The third kappa shape index (κ3) is 4.35. The Hall–Kier alpha value is -2.84. The minimum absolute atomic E-state index is 0.597. The Balaban J connectivity index is 1.47. The Kier molecular flexibility index (Phi) is 5.89. The first-order valence-corrected chi connectivity index (χ1v) is 9.89. The molecule has 0 saturated heterocycles. The Bertz CT molecular complexity index is 996. The quantitative estimate of drug-likeness (QED) is 0.395. The van der Waals surface area contributed by atoms with Crippen molar-refractivity contribution in [3.8, 4) is 11.5 Å². The van der Waals surface area contributed by atoms with E-state index in [0.29, 0.717) is 30.4 Å². The first-order chi connectivity index (χ1) is 13.8. The summed E-state index contributed by atoms with van der Waals surface area (Å²) in [7, 11) is 1.69. The molecule has 28 heavy (non-hydrogen) atoms. The molecule has 0 saturated carbocycles. The summed E-state index contributed by atoms with van der Waals surface area (Å²) in [6.45, 7) is 1.30. The summed E-state index contributed by atoms with van der Waals surface area (Å²) >= 11 is 1.57. The van der Waals surface area contributed by atoms with Gasteiger partial charge in [-0.1, -0.05) is 47.3 Å². The predicted molar refractivity (Wildman–Crippen MR) is 105 cm³/mol. The number of rotatable bonds is 9. The average Bonchev–Trinajstić information content (AvgIpc) is 3.47. The SMILES string of the molecule is COCCn1c(Cc2ccccc2)nnc1SCc1cc(-c2ccco2)on1. The van der Waals surface area contributed by atoms with E-state index >= 15 is 0 Å². The zero-order valence-electron chi connectivity index (χ0n) is 15.4. The maximum absolute atomic E-state index is 5.36. The van der Waals surface area contributed by atoms with Crippen LogP contribution in [0.2, 0.25) is 0 Å². The van der Waals surface area contributed by atoms with Gasteiger partial charge in [-0.2, -0.15) is 0 Å². The topological polar surface area (TPSA) is 79.1 Å². The monoisotopic (exact) mass is 396 g/mol. The van der Waals surface area contributed by atoms with Crippen LogP contribution in [0.15, 0.2) is 68.9 Å². The number of hydrogen-bond donors (Lipinski definition) is 0. The van der Waals surface area contributed by atoms with Gasteiger partial charge in [0.1, 0.15) is 5.82 Å². The van der Waals surface area contributed by atoms with Gasteiger partial charge in [-0.3, -0.25) is 0 Å². The van der Waals surface area contributed by atoms with Gasteiger partial charge in [0.2, 0.25) is 5.76 Å². The predicted octanol–water partition coefficient (Wildman–Crippen LogP) is 4.06. The number of thioether (sulfide) groups is 1. The second-order valence-corrected chi connectivity index (χ2v) is 7.10. The lowest BCUT2D eigenvalue weighted by Crippen LogP contribution is -2.10. The summed E-state index contributed by atoms with van der Waals surface area (Å²) in [6.07, 6.45) is 2.34. The van der Waals surface area contributed by atoms with Crippen molar-refractivity contribution in [2.75, 3.05) is 13.7 Å². The first kappa shape index (κ1) is 18.5. The van der Waals surface area contributed by atoms with E-state index in [-0.39, 0.29) is 0 Å². The number of nitrogens with zero attached hydrogens (tertiary/aromatic N) is 4. The van der Waals surface area contributed by atoms with E-state index in [1.54, 1.807) is 25.1 Å². The molecule has 7 nitrogen and oxygen atoms in total. The van der Waals surface area contributed by atoms with E-state index in [0.717, 1.165) is 23.1 Å². The van der Waals surface area contributed by atoms with Gasteiger partial charge in [-0.15, -0.1) is 10.2 Å². The first-order valence-electron chi connectivity index (χ1n) is 8.90. The fourth-order valence-corrected chi connectivity index (χ4v) is 3.66. The highest BCUT2D eigenvalue weighted by atomic mass is 32.2. The average molecular weight is 396 g/mol. The molecule has 0 unspecified atom stereocenters. The molecule has 0 fully saturated rings. The van der Waals surface area contributed by atoms with Crippen molar-refractivity contribution in [2.45, 2.75) is 23.9 Å². The molecule has 0 amide bonds. The fourth-order valence-electron chi connectivity index (χ4n) is 2.80. The molecular weight excluding hydrogens is 376 g/mol. The van der Waals surface area contributed by atoms with Gasteiger partial charge in [-0.25, -0.2) is 0 Å². The molecule has 144 valence electrons. The number of hydrogen-bond acceptors (Lipinski definition) is 7. The van der Waals surface area contributed by atoms with Crippen molar-refractivity contribution in [3.63, 3.8) is 0 Å². The Morgan fingerprint density at radius 2 is 1.96 bits per heavy atom. The molecule has 0 bridgehead atoms. The molecule has 1 aromatic carbocycles. The molecule has 0 spiro atoms. The highest BCUT2D eigenvalue weighted by Crippen LogP contribution is 2.26. The normalized spacial score (nSPS) is 11.2. The molecule has 8 heteroatoms. The number of benzene rings is 1. The molecule has 0 N–H and O–H groups in total. The van der Waals surface area contributed by atoms with Gasteiger partial charge in [0.15, 0.2) is 10.9 Å². The third-order valence-corrected chi connectivity index (χ3v) is 5.19. The molecule has 0 aliphatic carbocycles. The van der Waals surface area contributed by atoms with E-state index in [2.05, 4.69) is 32.1 Å². The minimum atomic E-state index is 0.597. The molecule has 4 rings (SSSR count). The van der Waals surface area contributed by atoms with Crippen LogP contribution < -0.4 is 0 Å². The summed E-state index contributed by atoms with van der Waals surface area (Å²) in [5.41, 5.74) is 2.02. The highest BCUT2D eigenvalue weighted by Gasteiger charge is 2.15. The van der Waals surface area contributed by atoms with E-state index in [1.807, 2.05) is 36.4 Å². The minimum Gasteiger partial charge on any atom is -0.461 e. The summed E-state index contributed by atoms with van der Waals surface area (Å²) < 4.78 is 18.1. The van der Waals surface area contributed by atoms with Gasteiger partial charge in [-0.05, 0) is 17.7 Å². The summed E-state index contributed by atoms with van der Waals surface area (Å²) in [5.74, 6) is 2.83. The van der Waals surface area contributed by atoms with Gasteiger partial charge in [0.05, 0.1) is 18.6 Å². The molecule has 3 heterocycles. The van der Waals surface area contributed by atoms with Crippen LogP contribution in [0.5, 0.6) is 0 Å². The van der Waals surface area contributed by atoms with Gasteiger partial charge in [0, 0.05) is 31.9 Å². The number of methoxy groups -OCH3 is 1. The molecule has 0 aliphatic rings. The van der Waals surface area contributed by atoms with Gasteiger partial charge < -0.3 is 18.2 Å². The van der Waals surface area contributed by atoms with Crippen molar-refractivity contribution >= 4 is 11.8 Å². The standard InChI is InChI=1S/C20H20N4O3S/c1-25-11-9-24-19(12-15-6-3-2-4-7-15)21-22-20(24)28-14-16-13-18(27-23-16)17-8-5-10-26-17/h2-8,10,13H,9,11-12,14H2,1H3. The van der Waals surface area contributed by atoms with Crippen LogP contribution >= 0.6 is 11.8 Å². The van der Waals surface area contributed by atoms with Crippen LogP contribution in [-0.2, 0) is 23.5 Å². The molecule has 4 aromatic rings. The lowest BCUT2D eigenvalue weighted by atomic mass is 10.1. The zero-order chi connectivity index (χ0) is 19.2. The van der Waals surface area contributed by atoms with Crippen LogP contribution in [0.4, 0.5) is 0 Å². The van der Waals surface area contributed by atoms with E-state index in [4.69, 9.17) is 13.7 Å². The van der Waals surface area contributed by atoms with E-state index in [1.165, 1.54) is 5.56 Å². The number of aromatic nitrogens is 4. The maximum Gasteiger partial charge on any atom is 0.202 e. The lowest BCUT2D eigenvalue weighted by molar-refractivity contribution is 0.184. The number of furan rings is 1. The van der Waals surface area contributed by atoms with Crippen LogP contribution in [-0.4, -0.2) is 33.6 Å². The van der Waals surface area contributed by atoms with Crippen molar-refractivity contribution < 1.29 is 13.7 Å². The molecule has 0 atom stereocenters. The fraction of sp³-hybridized carbons (Fsp3) is 0.250.